The van der Waals surface area contributed by atoms with Crippen molar-refractivity contribution < 1.29 is 19.0 Å². The van der Waals surface area contributed by atoms with E-state index in [9.17, 15) is 19.0 Å². The second kappa shape index (κ2) is 15.3. The van der Waals surface area contributed by atoms with Crippen molar-refractivity contribution in [2.75, 3.05) is 6.67 Å². The number of alkyl halides is 2. The number of aliphatic hydroxyl groups excluding tert-OH is 2. The Morgan fingerprint density at radius 2 is 1.39 bits per heavy atom. The van der Waals surface area contributed by atoms with Crippen molar-refractivity contribution in [1.82, 2.24) is 0 Å². The lowest BCUT2D eigenvalue weighted by Gasteiger charge is -2.19. The Kier molecular flexibility index (Phi) is 15.1. The Bertz CT molecular complexity index is 257. The second-order valence-corrected chi connectivity index (χ2v) is 6.71. The van der Waals surface area contributed by atoms with Crippen molar-refractivity contribution in [3.63, 3.8) is 0 Å². The predicted octanol–water partition coefficient (Wildman–Crippen LogP) is 4.04. The molecule has 0 saturated heterocycles. The molecule has 0 amide bonds. The molecule has 0 fully saturated rings. The van der Waals surface area contributed by atoms with Crippen molar-refractivity contribution in [2.24, 2.45) is 5.73 Å². The van der Waals surface area contributed by atoms with Gasteiger partial charge in [0.05, 0.1) is 18.2 Å². The van der Waals surface area contributed by atoms with E-state index in [0.29, 0.717) is 19.3 Å². The summed E-state index contributed by atoms with van der Waals surface area (Å²) in [5.74, 6) is 0. The zero-order valence-corrected chi connectivity index (χ0v) is 14.7. The molecular formula is C18H37F2NO2. The first-order chi connectivity index (χ1) is 11.0. The maximum atomic E-state index is 13.7. The smallest absolute Gasteiger partial charge is 0.107 e. The monoisotopic (exact) mass is 337 g/mol. The topological polar surface area (TPSA) is 66.5 Å². The normalized spacial score (nSPS) is 17.0. The third-order valence-electron chi connectivity index (χ3n) is 4.36. The lowest BCUT2D eigenvalue weighted by atomic mass is 10.00. The van der Waals surface area contributed by atoms with Crippen LogP contribution < -0.4 is 5.73 Å². The van der Waals surface area contributed by atoms with Gasteiger partial charge in [-0.25, -0.2) is 8.78 Å². The highest BCUT2D eigenvalue weighted by Gasteiger charge is 2.18. The van der Waals surface area contributed by atoms with E-state index in [1.807, 2.05) is 0 Å². The zero-order valence-electron chi connectivity index (χ0n) is 14.7. The van der Waals surface area contributed by atoms with Gasteiger partial charge in [0, 0.05) is 6.42 Å². The van der Waals surface area contributed by atoms with Crippen LogP contribution in [-0.2, 0) is 0 Å². The zero-order chi connectivity index (χ0) is 17.5. The van der Waals surface area contributed by atoms with E-state index >= 15 is 0 Å². The molecule has 140 valence electrons. The van der Waals surface area contributed by atoms with Gasteiger partial charge in [0.1, 0.15) is 12.8 Å². The quantitative estimate of drug-likeness (QED) is 0.372. The number of nitrogens with two attached hydrogens (primary N) is 1. The van der Waals surface area contributed by atoms with Crippen LogP contribution in [0.5, 0.6) is 0 Å². The Balaban J connectivity index is 3.46. The SMILES string of the molecule is CCCCCCCC(F)CCCCCC(O)CC(O)C(N)CF. The molecule has 0 aliphatic carbocycles. The Morgan fingerprint density at radius 3 is 1.96 bits per heavy atom. The lowest BCUT2D eigenvalue weighted by molar-refractivity contribution is 0.0546. The van der Waals surface area contributed by atoms with Gasteiger partial charge in [-0.2, -0.15) is 0 Å². The fraction of sp³-hybridized carbons (Fsp3) is 1.00. The largest absolute Gasteiger partial charge is 0.393 e. The average Bonchev–Trinajstić information content (AvgIpc) is 2.53. The molecule has 0 saturated carbocycles. The number of halogens is 2. The van der Waals surface area contributed by atoms with Crippen LogP contribution in [0.15, 0.2) is 0 Å². The van der Waals surface area contributed by atoms with Gasteiger partial charge in [-0.15, -0.1) is 0 Å². The molecular weight excluding hydrogens is 300 g/mol. The lowest BCUT2D eigenvalue weighted by Crippen LogP contribution is -2.38. The second-order valence-electron chi connectivity index (χ2n) is 6.71. The fourth-order valence-corrected chi connectivity index (χ4v) is 2.71. The van der Waals surface area contributed by atoms with Gasteiger partial charge in [0.2, 0.25) is 0 Å². The standard InChI is InChI=1S/C18H37F2NO2/c1-2-3-4-5-7-10-15(20)11-8-6-9-12-16(22)13-18(23)17(21)14-19/h15-18,22-23H,2-14,21H2,1H3. The first kappa shape index (κ1) is 22.7. The molecule has 0 radical (unpaired) electrons. The first-order valence-electron chi connectivity index (χ1n) is 9.33. The summed E-state index contributed by atoms with van der Waals surface area (Å²) in [4.78, 5) is 0. The van der Waals surface area contributed by atoms with Crippen LogP contribution >= 0.6 is 0 Å². The summed E-state index contributed by atoms with van der Waals surface area (Å²) < 4.78 is 25.9. The summed E-state index contributed by atoms with van der Waals surface area (Å²) in [7, 11) is 0. The van der Waals surface area contributed by atoms with E-state index in [1.54, 1.807) is 0 Å². The van der Waals surface area contributed by atoms with Crippen LogP contribution in [0.2, 0.25) is 0 Å². The Labute approximate surface area is 140 Å². The molecule has 0 heterocycles. The highest BCUT2D eigenvalue weighted by Crippen LogP contribution is 2.16. The molecule has 0 rings (SSSR count). The van der Waals surface area contributed by atoms with E-state index in [2.05, 4.69) is 6.92 Å². The third-order valence-corrected chi connectivity index (χ3v) is 4.36. The van der Waals surface area contributed by atoms with Gasteiger partial charge in [-0.3, -0.25) is 0 Å². The molecule has 5 heteroatoms. The van der Waals surface area contributed by atoms with Crippen LogP contribution in [0.1, 0.15) is 84.0 Å². The fourth-order valence-electron chi connectivity index (χ4n) is 2.71. The van der Waals surface area contributed by atoms with Crippen LogP contribution in [-0.4, -0.2) is 41.3 Å². The molecule has 0 aliphatic heterocycles. The predicted molar refractivity (Wildman–Crippen MR) is 91.9 cm³/mol. The number of aliphatic hydroxyl groups is 2. The third kappa shape index (κ3) is 13.8. The average molecular weight is 337 g/mol. The van der Waals surface area contributed by atoms with Crippen LogP contribution in [0.3, 0.4) is 0 Å². The van der Waals surface area contributed by atoms with Gasteiger partial charge >= 0.3 is 0 Å². The van der Waals surface area contributed by atoms with Crippen molar-refractivity contribution in [1.29, 1.82) is 0 Å². The summed E-state index contributed by atoms with van der Waals surface area (Å²) in [5, 5.41) is 19.3. The minimum absolute atomic E-state index is 0.106. The van der Waals surface area contributed by atoms with Crippen LogP contribution in [0, 0.1) is 0 Å². The van der Waals surface area contributed by atoms with Gasteiger partial charge in [0.25, 0.3) is 0 Å². The van der Waals surface area contributed by atoms with Crippen LogP contribution in [0.25, 0.3) is 0 Å². The Hall–Kier alpha value is -0.260. The summed E-state index contributed by atoms with van der Waals surface area (Å²) in [6.45, 7) is 1.38. The van der Waals surface area contributed by atoms with Crippen molar-refractivity contribution in [3.8, 4) is 0 Å². The van der Waals surface area contributed by atoms with E-state index < -0.39 is 31.1 Å². The molecule has 0 aliphatic rings. The Morgan fingerprint density at radius 1 is 0.870 bits per heavy atom. The van der Waals surface area contributed by atoms with E-state index in [1.165, 1.54) is 19.3 Å². The highest BCUT2D eigenvalue weighted by atomic mass is 19.1. The highest BCUT2D eigenvalue weighted by molar-refractivity contribution is 4.74. The minimum atomic E-state index is -1.00. The van der Waals surface area contributed by atoms with Crippen molar-refractivity contribution in [3.05, 3.63) is 0 Å². The maximum absolute atomic E-state index is 13.7. The van der Waals surface area contributed by atoms with E-state index in [4.69, 9.17) is 5.73 Å². The van der Waals surface area contributed by atoms with Gasteiger partial charge in [-0.05, 0) is 19.3 Å². The molecule has 4 N–H and O–H groups in total. The molecule has 0 bridgehead atoms. The van der Waals surface area contributed by atoms with Gasteiger partial charge in [0.15, 0.2) is 0 Å². The molecule has 3 nitrogen and oxygen atoms in total. The molecule has 0 aromatic rings. The summed E-state index contributed by atoms with van der Waals surface area (Å²) >= 11 is 0. The minimum Gasteiger partial charge on any atom is -0.393 e. The molecule has 0 spiro atoms. The summed E-state index contributed by atoms with van der Waals surface area (Å²) in [6, 6.07) is -0.922. The van der Waals surface area contributed by atoms with E-state index in [0.717, 1.165) is 32.1 Å². The van der Waals surface area contributed by atoms with Crippen molar-refractivity contribution in [2.45, 2.75) is 108 Å². The molecule has 0 aromatic heterocycles. The molecule has 4 atom stereocenters. The van der Waals surface area contributed by atoms with Gasteiger partial charge in [-0.1, -0.05) is 58.3 Å². The number of unbranched alkanes of at least 4 members (excludes halogenated alkanes) is 6. The summed E-state index contributed by atoms with van der Waals surface area (Å²) in [5.41, 5.74) is 5.36. The van der Waals surface area contributed by atoms with Crippen LogP contribution in [0.4, 0.5) is 8.78 Å². The molecule has 4 unspecified atom stereocenters. The molecule has 0 aromatic carbocycles. The summed E-state index contributed by atoms with van der Waals surface area (Å²) in [6.07, 6.45) is 7.81. The molecule has 23 heavy (non-hydrogen) atoms. The maximum Gasteiger partial charge on any atom is 0.107 e. The van der Waals surface area contributed by atoms with Gasteiger partial charge < -0.3 is 15.9 Å². The number of rotatable bonds is 16. The first-order valence-corrected chi connectivity index (χ1v) is 9.33. The van der Waals surface area contributed by atoms with Crippen molar-refractivity contribution >= 4 is 0 Å². The number of hydrogen-bond acceptors (Lipinski definition) is 3. The van der Waals surface area contributed by atoms with E-state index in [-0.39, 0.29) is 6.42 Å². The number of hydrogen-bond donors (Lipinski definition) is 3.